The number of anilines is 1. The standard InChI is InChI=1S/C17H15N3O2/c21-17(15-10-5-11-22-15)18-16-13-8-4-9-14(13)19-20(16)12-6-2-1-3-7-12/h1-3,5-7,10-11H,4,8-9H2,(H,18,21). The zero-order valence-electron chi connectivity index (χ0n) is 12.0. The van der Waals surface area contributed by atoms with Crippen molar-refractivity contribution in [2.75, 3.05) is 5.32 Å². The van der Waals surface area contributed by atoms with Crippen LogP contribution in [0.25, 0.3) is 5.69 Å². The van der Waals surface area contributed by atoms with Crippen molar-refractivity contribution < 1.29 is 9.21 Å². The van der Waals surface area contributed by atoms with Gasteiger partial charge in [0.15, 0.2) is 5.76 Å². The summed E-state index contributed by atoms with van der Waals surface area (Å²) >= 11 is 0. The van der Waals surface area contributed by atoms with Gasteiger partial charge in [0.25, 0.3) is 5.91 Å². The lowest BCUT2D eigenvalue weighted by atomic mass is 10.2. The highest BCUT2D eigenvalue weighted by atomic mass is 16.3. The second kappa shape index (κ2) is 5.18. The van der Waals surface area contributed by atoms with Crippen molar-refractivity contribution in [1.82, 2.24) is 9.78 Å². The largest absolute Gasteiger partial charge is 0.459 e. The molecule has 1 aliphatic carbocycles. The first kappa shape index (κ1) is 12.9. The molecule has 0 bridgehead atoms. The van der Waals surface area contributed by atoms with E-state index >= 15 is 0 Å². The number of hydrogen-bond acceptors (Lipinski definition) is 3. The predicted octanol–water partition coefficient (Wildman–Crippen LogP) is 3.21. The van der Waals surface area contributed by atoms with E-state index in [0.717, 1.165) is 42.0 Å². The monoisotopic (exact) mass is 293 g/mol. The molecular formula is C17H15N3O2. The van der Waals surface area contributed by atoms with Gasteiger partial charge in [0.2, 0.25) is 0 Å². The molecule has 2 heterocycles. The van der Waals surface area contributed by atoms with E-state index in [0.29, 0.717) is 5.76 Å². The minimum Gasteiger partial charge on any atom is -0.459 e. The number of carbonyl (C=O) groups is 1. The maximum Gasteiger partial charge on any atom is 0.292 e. The number of fused-ring (bicyclic) bond motifs is 1. The van der Waals surface area contributed by atoms with Crippen molar-refractivity contribution in [3.05, 3.63) is 65.7 Å². The lowest BCUT2D eigenvalue weighted by Crippen LogP contribution is -2.15. The molecule has 1 aliphatic rings. The number of rotatable bonds is 3. The zero-order chi connectivity index (χ0) is 14.9. The van der Waals surface area contributed by atoms with E-state index in [2.05, 4.69) is 10.4 Å². The zero-order valence-corrected chi connectivity index (χ0v) is 12.0. The van der Waals surface area contributed by atoms with Crippen molar-refractivity contribution in [3.63, 3.8) is 0 Å². The molecule has 0 fully saturated rings. The van der Waals surface area contributed by atoms with Crippen LogP contribution in [0.2, 0.25) is 0 Å². The second-order valence-electron chi connectivity index (χ2n) is 5.31. The van der Waals surface area contributed by atoms with E-state index in [1.54, 1.807) is 12.1 Å². The second-order valence-corrected chi connectivity index (χ2v) is 5.31. The smallest absolute Gasteiger partial charge is 0.292 e. The molecule has 22 heavy (non-hydrogen) atoms. The van der Waals surface area contributed by atoms with Gasteiger partial charge in [-0.3, -0.25) is 4.79 Å². The molecule has 1 N–H and O–H groups in total. The number of furan rings is 1. The lowest BCUT2D eigenvalue weighted by molar-refractivity contribution is 0.0996. The van der Waals surface area contributed by atoms with Gasteiger partial charge in [-0.2, -0.15) is 5.10 Å². The fraction of sp³-hybridized carbons (Fsp3) is 0.176. The van der Waals surface area contributed by atoms with E-state index in [-0.39, 0.29) is 5.91 Å². The molecule has 5 heteroatoms. The number of para-hydroxylation sites is 1. The minimum atomic E-state index is -0.253. The molecule has 5 nitrogen and oxygen atoms in total. The summed E-state index contributed by atoms with van der Waals surface area (Å²) in [6, 6.07) is 13.2. The summed E-state index contributed by atoms with van der Waals surface area (Å²) in [5.41, 5.74) is 3.13. The van der Waals surface area contributed by atoms with Gasteiger partial charge in [0, 0.05) is 5.56 Å². The number of carbonyl (C=O) groups excluding carboxylic acids is 1. The topological polar surface area (TPSA) is 60.1 Å². The Kier molecular flexibility index (Phi) is 3.04. The highest BCUT2D eigenvalue weighted by molar-refractivity contribution is 6.02. The highest BCUT2D eigenvalue weighted by Gasteiger charge is 2.24. The Hall–Kier alpha value is -2.82. The van der Waals surface area contributed by atoms with Gasteiger partial charge < -0.3 is 9.73 Å². The van der Waals surface area contributed by atoms with Crippen molar-refractivity contribution in [2.24, 2.45) is 0 Å². The molecule has 0 unspecified atom stereocenters. The number of nitrogens with one attached hydrogen (secondary N) is 1. The van der Waals surface area contributed by atoms with E-state index in [1.165, 1.54) is 6.26 Å². The summed E-state index contributed by atoms with van der Waals surface area (Å²) in [5.74, 6) is 0.796. The van der Waals surface area contributed by atoms with Crippen LogP contribution in [-0.2, 0) is 12.8 Å². The van der Waals surface area contributed by atoms with Crippen LogP contribution in [0.5, 0.6) is 0 Å². The molecule has 2 aromatic heterocycles. The van der Waals surface area contributed by atoms with E-state index in [4.69, 9.17) is 4.42 Å². The maximum absolute atomic E-state index is 12.3. The van der Waals surface area contributed by atoms with Crippen LogP contribution in [0.1, 0.15) is 28.2 Å². The first-order chi connectivity index (χ1) is 10.8. The van der Waals surface area contributed by atoms with E-state index in [9.17, 15) is 4.79 Å². The molecule has 1 amide bonds. The Morgan fingerprint density at radius 1 is 1.14 bits per heavy atom. The van der Waals surface area contributed by atoms with E-state index in [1.807, 2.05) is 35.0 Å². The van der Waals surface area contributed by atoms with Gasteiger partial charge in [-0.25, -0.2) is 4.68 Å². The number of nitrogens with zero attached hydrogens (tertiary/aromatic N) is 2. The molecule has 0 aliphatic heterocycles. The van der Waals surface area contributed by atoms with Crippen LogP contribution < -0.4 is 5.32 Å². The van der Waals surface area contributed by atoms with Gasteiger partial charge >= 0.3 is 0 Å². The van der Waals surface area contributed by atoms with Crippen LogP contribution in [0.4, 0.5) is 5.82 Å². The average molecular weight is 293 g/mol. The van der Waals surface area contributed by atoms with Gasteiger partial charge in [0.05, 0.1) is 17.6 Å². The Bertz CT molecular complexity index is 804. The number of hydrogen-bond donors (Lipinski definition) is 1. The summed E-state index contributed by atoms with van der Waals surface area (Å²) in [6.07, 6.45) is 4.47. The number of benzene rings is 1. The SMILES string of the molecule is O=C(Nc1c2c(nn1-c1ccccc1)CCC2)c1ccco1. The predicted molar refractivity (Wildman–Crippen MR) is 82.3 cm³/mol. The normalized spacial score (nSPS) is 13.1. The summed E-state index contributed by atoms with van der Waals surface area (Å²) in [6.45, 7) is 0. The highest BCUT2D eigenvalue weighted by Crippen LogP contribution is 2.31. The summed E-state index contributed by atoms with van der Waals surface area (Å²) in [5, 5.41) is 7.63. The van der Waals surface area contributed by atoms with Crippen LogP contribution >= 0.6 is 0 Å². The molecule has 0 saturated carbocycles. The van der Waals surface area contributed by atoms with Crippen LogP contribution in [0.15, 0.2) is 53.1 Å². The Labute approximate surface area is 127 Å². The molecule has 0 atom stereocenters. The number of aromatic nitrogens is 2. The van der Waals surface area contributed by atoms with Crippen molar-refractivity contribution in [2.45, 2.75) is 19.3 Å². The van der Waals surface area contributed by atoms with Crippen LogP contribution in [-0.4, -0.2) is 15.7 Å². The summed E-state index contributed by atoms with van der Waals surface area (Å²) in [4.78, 5) is 12.3. The molecule has 0 radical (unpaired) electrons. The van der Waals surface area contributed by atoms with Gasteiger partial charge in [-0.15, -0.1) is 0 Å². The van der Waals surface area contributed by atoms with Crippen molar-refractivity contribution in [1.29, 1.82) is 0 Å². The van der Waals surface area contributed by atoms with Crippen LogP contribution in [0, 0.1) is 0 Å². The number of amides is 1. The summed E-state index contributed by atoms with van der Waals surface area (Å²) < 4.78 is 6.98. The lowest BCUT2D eigenvalue weighted by Gasteiger charge is -2.10. The van der Waals surface area contributed by atoms with Gasteiger partial charge in [-0.1, -0.05) is 18.2 Å². The molecule has 110 valence electrons. The fourth-order valence-corrected chi connectivity index (χ4v) is 2.85. The van der Waals surface area contributed by atoms with E-state index < -0.39 is 0 Å². The Balaban J connectivity index is 1.76. The van der Waals surface area contributed by atoms with Crippen molar-refractivity contribution >= 4 is 11.7 Å². The van der Waals surface area contributed by atoms with Gasteiger partial charge in [0.1, 0.15) is 5.82 Å². The van der Waals surface area contributed by atoms with Crippen LogP contribution in [0.3, 0.4) is 0 Å². The number of aryl methyl sites for hydroxylation is 1. The Morgan fingerprint density at radius 3 is 2.77 bits per heavy atom. The van der Waals surface area contributed by atoms with Gasteiger partial charge in [-0.05, 0) is 43.5 Å². The minimum absolute atomic E-state index is 0.253. The molecule has 3 aromatic rings. The average Bonchev–Trinajstić information content (AvgIpc) is 3.26. The fourth-order valence-electron chi connectivity index (χ4n) is 2.85. The third kappa shape index (κ3) is 2.11. The van der Waals surface area contributed by atoms with Crippen molar-refractivity contribution in [3.8, 4) is 5.69 Å². The third-order valence-corrected chi connectivity index (χ3v) is 3.88. The molecule has 0 spiro atoms. The first-order valence-corrected chi connectivity index (χ1v) is 7.34. The third-order valence-electron chi connectivity index (χ3n) is 3.88. The molecule has 1 aromatic carbocycles. The molecule has 0 saturated heterocycles. The quantitative estimate of drug-likeness (QED) is 0.806. The molecular weight excluding hydrogens is 278 g/mol. The molecule has 4 rings (SSSR count). The first-order valence-electron chi connectivity index (χ1n) is 7.34. The summed E-state index contributed by atoms with van der Waals surface area (Å²) in [7, 11) is 0. The maximum atomic E-state index is 12.3. The Morgan fingerprint density at radius 2 is 2.00 bits per heavy atom.